The Morgan fingerprint density at radius 3 is 2.71 bits per heavy atom. The molecule has 3 aliphatic heterocycles. The monoisotopic (exact) mass is 254 g/mol. The van der Waals surface area contributed by atoms with Crippen molar-refractivity contribution in [2.75, 3.05) is 24.6 Å². The SMILES string of the molecule is CC[C@@]1(C(=O)N2CCSCC2)C[C@@H]2CC[C@H]1N2. The Morgan fingerprint density at radius 2 is 2.18 bits per heavy atom. The van der Waals surface area contributed by atoms with Crippen LogP contribution in [0.2, 0.25) is 0 Å². The van der Waals surface area contributed by atoms with Crippen LogP contribution in [0.25, 0.3) is 0 Å². The van der Waals surface area contributed by atoms with Gasteiger partial charge >= 0.3 is 0 Å². The molecular weight excluding hydrogens is 232 g/mol. The summed E-state index contributed by atoms with van der Waals surface area (Å²) in [6, 6.07) is 1.07. The van der Waals surface area contributed by atoms with Gasteiger partial charge in [-0.1, -0.05) is 6.92 Å². The van der Waals surface area contributed by atoms with Crippen LogP contribution in [-0.2, 0) is 4.79 Å². The van der Waals surface area contributed by atoms with Crippen LogP contribution in [0.15, 0.2) is 0 Å². The summed E-state index contributed by atoms with van der Waals surface area (Å²) in [4.78, 5) is 14.9. The molecule has 3 nitrogen and oxygen atoms in total. The van der Waals surface area contributed by atoms with Gasteiger partial charge in [0.15, 0.2) is 0 Å². The third-order valence-electron chi connectivity index (χ3n) is 4.87. The molecule has 2 bridgehead atoms. The minimum Gasteiger partial charge on any atom is -0.341 e. The van der Waals surface area contributed by atoms with Crippen molar-refractivity contribution in [3.8, 4) is 0 Å². The number of hydrogen-bond donors (Lipinski definition) is 1. The lowest BCUT2D eigenvalue weighted by molar-refractivity contribution is -0.143. The molecule has 0 radical (unpaired) electrons. The molecule has 0 spiro atoms. The van der Waals surface area contributed by atoms with Crippen LogP contribution < -0.4 is 5.32 Å². The van der Waals surface area contributed by atoms with Gasteiger partial charge in [-0.2, -0.15) is 11.8 Å². The summed E-state index contributed by atoms with van der Waals surface area (Å²) in [6.07, 6.45) is 4.56. The second-order valence-corrected chi connectivity index (χ2v) is 6.84. The number of nitrogens with zero attached hydrogens (tertiary/aromatic N) is 1. The van der Waals surface area contributed by atoms with Crippen molar-refractivity contribution in [3.63, 3.8) is 0 Å². The molecule has 3 aliphatic rings. The molecule has 17 heavy (non-hydrogen) atoms. The Balaban J connectivity index is 1.78. The van der Waals surface area contributed by atoms with Gasteiger partial charge in [-0.25, -0.2) is 0 Å². The normalized spacial score (nSPS) is 40.9. The topological polar surface area (TPSA) is 32.3 Å². The van der Waals surface area contributed by atoms with Crippen LogP contribution in [0.4, 0.5) is 0 Å². The fourth-order valence-electron chi connectivity index (χ4n) is 3.86. The first kappa shape index (κ1) is 11.8. The number of carbonyl (C=O) groups excluding carboxylic acids is 1. The van der Waals surface area contributed by atoms with Crippen molar-refractivity contribution in [1.82, 2.24) is 10.2 Å². The maximum atomic E-state index is 12.8. The lowest BCUT2D eigenvalue weighted by atomic mass is 9.71. The summed E-state index contributed by atoms with van der Waals surface area (Å²) in [5.41, 5.74) is -0.0646. The highest BCUT2D eigenvalue weighted by molar-refractivity contribution is 7.99. The second-order valence-electron chi connectivity index (χ2n) is 5.61. The molecule has 0 unspecified atom stereocenters. The third kappa shape index (κ3) is 1.80. The third-order valence-corrected chi connectivity index (χ3v) is 5.82. The van der Waals surface area contributed by atoms with Gasteiger partial charge in [0.1, 0.15) is 0 Å². The number of hydrogen-bond acceptors (Lipinski definition) is 3. The Hall–Kier alpha value is -0.220. The van der Waals surface area contributed by atoms with Crippen LogP contribution in [0, 0.1) is 5.41 Å². The molecule has 3 atom stereocenters. The molecule has 3 fully saturated rings. The molecular formula is C13H22N2OS. The van der Waals surface area contributed by atoms with E-state index in [0.717, 1.165) is 37.4 Å². The quantitative estimate of drug-likeness (QED) is 0.810. The molecule has 1 N–H and O–H groups in total. The maximum Gasteiger partial charge on any atom is 0.230 e. The van der Waals surface area contributed by atoms with E-state index in [0.29, 0.717) is 18.0 Å². The molecule has 0 aromatic carbocycles. The summed E-state index contributed by atoms with van der Waals surface area (Å²) < 4.78 is 0. The van der Waals surface area contributed by atoms with Crippen molar-refractivity contribution in [2.45, 2.75) is 44.7 Å². The smallest absolute Gasteiger partial charge is 0.230 e. The highest BCUT2D eigenvalue weighted by atomic mass is 32.2. The summed E-state index contributed by atoms with van der Waals surface area (Å²) in [5, 5.41) is 3.64. The lowest BCUT2D eigenvalue weighted by Crippen LogP contribution is -2.52. The molecule has 0 saturated carbocycles. The number of carbonyl (C=O) groups is 1. The van der Waals surface area contributed by atoms with Crippen molar-refractivity contribution < 1.29 is 4.79 Å². The summed E-state index contributed by atoms with van der Waals surface area (Å²) in [5.74, 6) is 2.68. The van der Waals surface area contributed by atoms with Gasteiger partial charge in [-0.3, -0.25) is 4.79 Å². The van der Waals surface area contributed by atoms with E-state index in [2.05, 4.69) is 17.1 Å². The Kier molecular flexibility index (Phi) is 3.11. The first-order chi connectivity index (χ1) is 8.26. The molecule has 96 valence electrons. The molecule has 4 heteroatoms. The average Bonchev–Trinajstić information content (AvgIpc) is 2.99. The van der Waals surface area contributed by atoms with E-state index in [1.807, 2.05) is 11.8 Å². The second kappa shape index (κ2) is 4.47. The molecule has 3 saturated heterocycles. The number of rotatable bonds is 2. The van der Waals surface area contributed by atoms with E-state index in [-0.39, 0.29) is 5.41 Å². The molecule has 0 aromatic rings. The summed E-state index contributed by atoms with van der Waals surface area (Å²) in [6.45, 7) is 4.12. The zero-order valence-electron chi connectivity index (χ0n) is 10.6. The summed E-state index contributed by atoms with van der Waals surface area (Å²) >= 11 is 1.97. The van der Waals surface area contributed by atoms with Gasteiger partial charge in [-0.15, -0.1) is 0 Å². The molecule has 3 heterocycles. The first-order valence-corrected chi connectivity index (χ1v) is 8.05. The van der Waals surface area contributed by atoms with E-state index < -0.39 is 0 Å². The van der Waals surface area contributed by atoms with Crippen molar-refractivity contribution >= 4 is 17.7 Å². The van der Waals surface area contributed by atoms with E-state index in [1.165, 1.54) is 12.8 Å². The van der Waals surface area contributed by atoms with Crippen LogP contribution in [0.1, 0.15) is 32.6 Å². The van der Waals surface area contributed by atoms with Gasteiger partial charge in [-0.05, 0) is 25.7 Å². The highest BCUT2D eigenvalue weighted by Gasteiger charge is 2.55. The summed E-state index contributed by atoms with van der Waals surface area (Å²) in [7, 11) is 0. The predicted molar refractivity (Wildman–Crippen MR) is 71.2 cm³/mol. The molecule has 3 rings (SSSR count). The molecule has 0 aromatic heterocycles. The number of fused-ring (bicyclic) bond motifs is 2. The standard InChI is InChI=1S/C13H22N2OS/c1-2-13(9-10-3-4-11(13)14-10)12(16)15-5-7-17-8-6-15/h10-11,14H,2-9H2,1H3/t10-,11+,13+/m0/s1. The Labute approximate surface area is 108 Å². The number of amides is 1. The van der Waals surface area contributed by atoms with Crippen LogP contribution in [0.5, 0.6) is 0 Å². The van der Waals surface area contributed by atoms with E-state index in [4.69, 9.17) is 0 Å². The average molecular weight is 254 g/mol. The van der Waals surface area contributed by atoms with Crippen LogP contribution in [0.3, 0.4) is 0 Å². The zero-order chi connectivity index (χ0) is 11.9. The van der Waals surface area contributed by atoms with Gasteiger partial charge in [0.2, 0.25) is 5.91 Å². The van der Waals surface area contributed by atoms with Crippen molar-refractivity contribution in [2.24, 2.45) is 5.41 Å². The minimum atomic E-state index is -0.0646. The van der Waals surface area contributed by atoms with E-state index in [9.17, 15) is 4.79 Å². The zero-order valence-corrected chi connectivity index (χ0v) is 11.4. The van der Waals surface area contributed by atoms with Crippen molar-refractivity contribution in [3.05, 3.63) is 0 Å². The fourth-order valence-corrected chi connectivity index (χ4v) is 4.76. The van der Waals surface area contributed by atoms with Crippen LogP contribution in [-0.4, -0.2) is 47.5 Å². The van der Waals surface area contributed by atoms with Gasteiger partial charge < -0.3 is 10.2 Å². The molecule has 0 aliphatic carbocycles. The molecule has 1 amide bonds. The van der Waals surface area contributed by atoms with E-state index in [1.54, 1.807) is 0 Å². The van der Waals surface area contributed by atoms with Gasteiger partial charge in [0.05, 0.1) is 5.41 Å². The lowest BCUT2D eigenvalue weighted by Gasteiger charge is -2.40. The predicted octanol–water partition coefficient (Wildman–Crippen LogP) is 1.48. The fraction of sp³-hybridized carbons (Fsp3) is 0.923. The van der Waals surface area contributed by atoms with Gasteiger partial charge in [0.25, 0.3) is 0 Å². The number of nitrogens with one attached hydrogen (secondary N) is 1. The largest absolute Gasteiger partial charge is 0.341 e. The minimum absolute atomic E-state index is 0.0646. The number of thioether (sulfide) groups is 1. The van der Waals surface area contributed by atoms with E-state index >= 15 is 0 Å². The first-order valence-electron chi connectivity index (χ1n) is 6.89. The Bertz CT molecular complexity index is 317. The highest BCUT2D eigenvalue weighted by Crippen LogP contribution is 2.47. The maximum absolute atomic E-state index is 12.8. The van der Waals surface area contributed by atoms with Crippen LogP contribution >= 0.6 is 11.8 Å². The van der Waals surface area contributed by atoms with Gasteiger partial charge in [0, 0.05) is 36.7 Å². The Morgan fingerprint density at radius 1 is 1.41 bits per heavy atom. The van der Waals surface area contributed by atoms with Crippen molar-refractivity contribution in [1.29, 1.82) is 0 Å².